The van der Waals surface area contributed by atoms with Gasteiger partial charge in [0.15, 0.2) is 6.17 Å². The van der Waals surface area contributed by atoms with Crippen molar-refractivity contribution in [3.8, 4) is 0 Å². The van der Waals surface area contributed by atoms with Crippen LogP contribution in [0.3, 0.4) is 0 Å². The van der Waals surface area contributed by atoms with Gasteiger partial charge in [-0.25, -0.2) is 0 Å². The van der Waals surface area contributed by atoms with Gasteiger partial charge in [0.25, 0.3) is 0 Å². The lowest BCUT2D eigenvalue weighted by atomic mass is 10.1. The van der Waals surface area contributed by atoms with Crippen molar-refractivity contribution in [2.24, 2.45) is 0 Å². The molecule has 0 amide bonds. The highest BCUT2D eigenvalue weighted by molar-refractivity contribution is 4.91. The number of aliphatic hydroxyl groups is 1. The molecule has 0 saturated carbocycles. The molecule has 1 heterocycles. The standard InChI is InChI=1S/C16H31N2O/c1-3-5-6-7-8-9-10-11-16-17-12-13-18(16,4-2)14-15-19/h9-10,12-13,16-17,19H,3-8,11,14-15H2,1-2H3/q+1/b10-9+. The minimum absolute atomic E-state index is 0.247. The first kappa shape index (κ1) is 16.3. The van der Waals surface area contributed by atoms with Gasteiger partial charge >= 0.3 is 0 Å². The topological polar surface area (TPSA) is 32.3 Å². The van der Waals surface area contributed by atoms with E-state index in [0.717, 1.165) is 24.0 Å². The van der Waals surface area contributed by atoms with Crippen LogP contribution < -0.4 is 5.32 Å². The third-order valence-electron chi connectivity index (χ3n) is 4.14. The highest BCUT2D eigenvalue weighted by Crippen LogP contribution is 2.20. The molecule has 2 unspecified atom stereocenters. The number of quaternary nitrogens is 1. The molecular weight excluding hydrogens is 236 g/mol. The van der Waals surface area contributed by atoms with Gasteiger partial charge in [-0.2, -0.15) is 0 Å². The number of allylic oxidation sites excluding steroid dienone is 1. The fraction of sp³-hybridized carbons (Fsp3) is 0.750. The molecule has 3 heteroatoms. The van der Waals surface area contributed by atoms with Crippen molar-refractivity contribution in [2.45, 2.75) is 58.5 Å². The summed E-state index contributed by atoms with van der Waals surface area (Å²) in [5.41, 5.74) is 0. The second-order valence-corrected chi connectivity index (χ2v) is 5.42. The first-order valence-corrected chi connectivity index (χ1v) is 7.85. The van der Waals surface area contributed by atoms with E-state index in [-0.39, 0.29) is 6.61 Å². The second kappa shape index (κ2) is 9.16. The fourth-order valence-electron chi connectivity index (χ4n) is 2.77. The molecule has 0 aromatic rings. The van der Waals surface area contributed by atoms with Gasteiger partial charge in [-0.1, -0.05) is 38.3 Å². The lowest BCUT2D eigenvalue weighted by Crippen LogP contribution is -2.53. The summed E-state index contributed by atoms with van der Waals surface area (Å²) in [5.74, 6) is 0. The summed E-state index contributed by atoms with van der Waals surface area (Å²) in [7, 11) is 0. The molecule has 110 valence electrons. The minimum atomic E-state index is 0.247. The van der Waals surface area contributed by atoms with Crippen molar-refractivity contribution in [3.63, 3.8) is 0 Å². The molecule has 0 spiro atoms. The number of hydrogen-bond donors (Lipinski definition) is 2. The Morgan fingerprint density at radius 2 is 2.05 bits per heavy atom. The molecule has 1 aliphatic heterocycles. The van der Waals surface area contributed by atoms with E-state index in [4.69, 9.17) is 0 Å². The largest absolute Gasteiger partial charge is 0.390 e. The molecule has 0 aromatic heterocycles. The number of aliphatic hydroxyl groups excluding tert-OH is 1. The lowest BCUT2D eigenvalue weighted by Gasteiger charge is -2.36. The molecule has 0 saturated heterocycles. The van der Waals surface area contributed by atoms with Gasteiger partial charge in [0.05, 0.1) is 19.4 Å². The van der Waals surface area contributed by atoms with E-state index in [9.17, 15) is 5.11 Å². The van der Waals surface area contributed by atoms with Gasteiger partial charge in [-0.3, -0.25) is 4.48 Å². The number of unbranched alkanes of at least 4 members (excludes halogenated alkanes) is 4. The fourth-order valence-corrected chi connectivity index (χ4v) is 2.77. The molecule has 2 N–H and O–H groups in total. The zero-order chi connectivity index (χ0) is 14.0. The van der Waals surface area contributed by atoms with Crippen LogP contribution in [-0.2, 0) is 0 Å². The van der Waals surface area contributed by atoms with Crippen LogP contribution in [0.25, 0.3) is 0 Å². The SMILES string of the molecule is CCCCCC/C=C/CC1NC=C[N+]1(CC)CCO. The molecule has 0 radical (unpaired) electrons. The van der Waals surface area contributed by atoms with Gasteiger partial charge in [0.1, 0.15) is 12.7 Å². The van der Waals surface area contributed by atoms with E-state index in [2.05, 4.69) is 37.5 Å². The molecule has 0 aromatic carbocycles. The molecular formula is C16H31N2O+. The maximum absolute atomic E-state index is 9.24. The Bertz CT molecular complexity index is 288. The van der Waals surface area contributed by atoms with E-state index < -0.39 is 0 Å². The number of rotatable bonds is 10. The van der Waals surface area contributed by atoms with Crippen LogP contribution in [-0.4, -0.2) is 35.5 Å². The highest BCUT2D eigenvalue weighted by Gasteiger charge is 2.35. The summed E-state index contributed by atoms with van der Waals surface area (Å²) in [6, 6.07) is 0. The maximum Gasteiger partial charge on any atom is 0.169 e. The number of hydrogen-bond acceptors (Lipinski definition) is 2. The van der Waals surface area contributed by atoms with Crippen LogP contribution in [0.5, 0.6) is 0 Å². The van der Waals surface area contributed by atoms with Gasteiger partial charge in [0, 0.05) is 6.42 Å². The van der Waals surface area contributed by atoms with Gasteiger partial charge in [-0.05, 0) is 19.8 Å². The van der Waals surface area contributed by atoms with Crippen LogP contribution in [0.15, 0.2) is 24.6 Å². The van der Waals surface area contributed by atoms with E-state index in [1.807, 2.05) is 6.20 Å². The predicted molar refractivity (Wildman–Crippen MR) is 81.3 cm³/mol. The quantitative estimate of drug-likeness (QED) is 0.362. The van der Waals surface area contributed by atoms with Crippen LogP contribution >= 0.6 is 0 Å². The Hall–Kier alpha value is -0.800. The normalized spacial score (nSPS) is 26.2. The molecule has 1 rings (SSSR count). The third-order valence-corrected chi connectivity index (χ3v) is 4.14. The zero-order valence-corrected chi connectivity index (χ0v) is 12.6. The first-order valence-electron chi connectivity index (χ1n) is 7.85. The van der Waals surface area contributed by atoms with E-state index >= 15 is 0 Å². The third kappa shape index (κ3) is 5.00. The molecule has 0 fully saturated rings. The summed E-state index contributed by atoms with van der Waals surface area (Å²) in [6.45, 7) is 6.51. The smallest absolute Gasteiger partial charge is 0.169 e. The van der Waals surface area contributed by atoms with Crippen molar-refractivity contribution >= 4 is 0 Å². The van der Waals surface area contributed by atoms with Crippen LogP contribution in [0.1, 0.15) is 52.4 Å². The van der Waals surface area contributed by atoms with Crippen LogP contribution in [0.4, 0.5) is 0 Å². The van der Waals surface area contributed by atoms with Gasteiger partial charge < -0.3 is 10.4 Å². The van der Waals surface area contributed by atoms with Crippen molar-refractivity contribution in [2.75, 3.05) is 19.7 Å². The Morgan fingerprint density at radius 3 is 2.74 bits per heavy atom. The van der Waals surface area contributed by atoms with Crippen molar-refractivity contribution in [3.05, 3.63) is 24.6 Å². The molecule has 0 bridgehead atoms. The minimum Gasteiger partial charge on any atom is -0.390 e. The van der Waals surface area contributed by atoms with Crippen molar-refractivity contribution < 1.29 is 9.59 Å². The zero-order valence-electron chi connectivity index (χ0n) is 12.6. The highest BCUT2D eigenvalue weighted by atomic mass is 16.3. The average Bonchev–Trinajstić information content (AvgIpc) is 2.82. The summed E-state index contributed by atoms with van der Waals surface area (Å²) >= 11 is 0. The summed E-state index contributed by atoms with van der Waals surface area (Å²) in [4.78, 5) is 0. The first-order chi connectivity index (χ1) is 9.29. The van der Waals surface area contributed by atoms with Crippen molar-refractivity contribution in [1.29, 1.82) is 0 Å². The van der Waals surface area contributed by atoms with Gasteiger partial charge in [0.2, 0.25) is 0 Å². The number of nitrogens with zero attached hydrogens (tertiary/aromatic N) is 1. The molecule has 0 aliphatic carbocycles. The Kier molecular flexibility index (Phi) is 7.84. The average molecular weight is 267 g/mol. The summed E-state index contributed by atoms with van der Waals surface area (Å²) in [5, 5.41) is 12.7. The Labute approximate surface area is 118 Å². The summed E-state index contributed by atoms with van der Waals surface area (Å²) in [6.07, 6.45) is 16.8. The second-order valence-electron chi connectivity index (χ2n) is 5.42. The van der Waals surface area contributed by atoms with Crippen molar-refractivity contribution in [1.82, 2.24) is 5.32 Å². The molecule has 2 atom stereocenters. The van der Waals surface area contributed by atoms with E-state index in [0.29, 0.717) is 6.17 Å². The monoisotopic (exact) mass is 267 g/mol. The number of likely N-dealkylation sites (N-methyl/N-ethyl adjacent to an activating group) is 1. The molecule has 1 aliphatic rings. The summed E-state index contributed by atoms with van der Waals surface area (Å²) < 4.78 is 0.858. The maximum atomic E-state index is 9.24. The van der Waals surface area contributed by atoms with Crippen LogP contribution in [0.2, 0.25) is 0 Å². The lowest BCUT2D eigenvalue weighted by molar-refractivity contribution is -0.899. The molecule has 3 nitrogen and oxygen atoms in total. The Morgan fingerprint density at radius 1 is 1.21 bits per heavy atom. The van der Waals surface area contributed by atoms with E-state index in [1.165, 1.54) is 32.1 Å². The van der Waals surface area contributed by atoms with E-state index in [1.54, 1.807) is 0 Å². The predicted octanol–water partition coefficient (Wildman–Crippen LogP) is 3.13. The number of nitrogens with one attached hydrogen (secondary N) is 1. The Balaban J connectivity index is 2.29. The molecule has 19 heavy (non-hydrogen) atoms. The van der Waals surface area contributed by atoms with Gasteiger partial charge in [-0.15, -0.1) is 0 Å². The van der Waals surface area contributed by atoms with Crippen LogP contribution in [0, 0.1) is 0 Å².